The smallest absolute Gasteiger partial charge is 0.322 e. The maximum Gasteiger partial charge on any atom is 0.322 e. The fourth-order valence-corrected chi connectivity index (χ4v) is 2.58. The van der Waals surface area contributed by atoms with Crippen LogP contribution in [0.1, 0.15) is 43.0 Å². The molecule has 0 bridgehead atoms. The second-order valence-electron chi connectivity index (χ2n) is 5.89. The highest BCUT2D eigenvalue weighted by Gasteiger charge is 2.22. The number of anilines is 1. The van der Waals surface area contributed by atoms with Gasteiger partial charge in [-0.15, -0.1) is 0 Å². The molecule has 1 aliphatic heterocycles. The van der Waals surface area contributed by atoms with E-state index >= 15 is 0 Å². The Morgan fingerprint density at radius 2 is 1.92 bits per heavy atom. The van der Waals surface area contributed by atoms with Crippen molar-refractivity contribution < 1.29 is 24.2 Å². The van der Waals surface area contributed by atoms with Crippen LogP contribution in [-0.4, -0.2) is 41.6 Å². The number of hydrogen-bond donors (Lipinski definition) is 3. The number of carboxylic acids is 1. The summed E-state index contributed by atoms with van der Waals surface area (Å²) in [5.74, 6) is -1.67. The van der Waals surface area contributed by atoms with E-state index in [4.69, 9.17) is 9.84 Å². The first-order valence-corrected chi connectivity index (χ1v) is 7.99. The Morgan fingerprint density at radius 1 is 1.21 bits per heavy atom. The van der Waals surface area contributed by atoms with E-state index in [-0.39, 0.29) is 18.1 Å². The topological polar surface area (TPSA) is 105 Å². The second kappa shape index (κ2) is 8.44. The summed E-state index contributed by atoms with van der Waals surface area (Å²) in [5.41, 5.74) is 0.929. The van der Waals surface area contributed by atoms with Crippen LogP contribution in [-0.2, 0) is 14.3 Å². The molecule has 1 saturated heterocycles. The quantitative estimate of drug-likeness (QED) is 0.705. The van der Waals surface area contributed by atoms with Gasteiger partial charge in [0.1, 0.15) is 6.54 Å². The third kappa shape index (κ3) is 5.66. The first kappa shape index (κ1) is 17.9. The van der Waals surface area contributed by atoms with Gasteiger partial charge in [-0.25, -0.2) is 0 Å². The van der Waals surface area contributed by atoms with Crippen LogP contribution in [0.3, 0.4) is 0 Å². The molecule has 3 N–H and O–H groups in total. The number of hydrogen-bond acceptors (Lipinski definition) is 4. The largest absolute Gasteiger partial charge is 0.480 e. The highest BCUT2D eigenvalue weighted by Crippen LogP contribution is 2.22. The van der Waals surface area contributed by atoms with Crippen molar-refractivity contribution in [1.82, 2.24) is 5.32 Å². The van der Waals surface area contributed by atoms with E-state index < -0.39 is 18.4 Å². The van der Waals surface area contributed by atoms with Crippen LogP contribution >= 0.6 is 0 Å². The Balaban J connectivity index is 1.77. The number of aliphatic carboxylic acids is 1. The SMILES string of the molecule is CC1CCC(CCC(=O)Nc2ccc(C(=O)NCC(=O)O)cc2)O1. The number of nitrogens with one attached hydrogen (secondary N) is 2. The molecule has 7 nitrogen and oxygen atoms in total. The van der Waals surface area contributed by atoms with Crippen molar-refractivity contribution in [1.29, 1.82) is 0 Å². The third-order valence-electron chi connectivity index (χ3n) is 3.84. The molecule has 130 valence electrons. The molecular weight excluding hydrogens is 312 g/mol. The van der Waals surface area contributed by atoms with Gasteiger partial charge in [-0.2, -0.15) is 0 Å². The van der Waals surface area contributed by atoms with Crippen molar-refractivity contribution in [3.05, 3.63) is 29.8 Å². The summed E-state index contributed by atoms with van der Waals surface area (Å²) in [5, 5.41) is 13.6. The van der Waals surface area contributed by atoms with E-state index in [1.54, 1.807) is 12.1 Å². The van der Waals surface area contributed by atoms with E-state index in [1.165, 1.54) is 12.1 Å². The van der Waals surface area contributed by atoms with Gasteiger partial charge in [0.25, 0.3) is 5.91 Å². The molecule has 0 radical (unpaired) electrons. The molecule has 2 atom stereocenters. The van der Waals surface area contributed by atoms with Crippen LogP contribution in [0.5, 0.6) is 0 Å². The number of carbonyl (C=O) groups is 3. The molecule has 0 aromatic heterocycles. The molecule has 2 amide bonds. The van der Waals surface area contributed by atoms with Crippen molar-refractivity contribution in [2.75, 3.05) is 11.9 Å². The van der Waals surface area contributed by atoms with E-state index in [1.807, 2.05) is 6.92 Å². The molecule has 7 heteroatoms. The molecule has 2 rings (SSSR count). The van der Waals surface area contributed by atoms with E-state index in [0.29, 0.717) is 24.1 Å². The highest BCUT2D eigenvalue weighted by molar-refractivity contribution is 5.97. The Hall–Kier alpha value is -2.41. The Morgan fingerprint density at radius 3 is 2.50 bits per heavy atom. The van der Waals surface area contributed by atoms with E-state index in [9.17, 15) is 14.4 Å². The highest BCUT2D eigenvalue weighted by atomic mass is 16.5. The van der Waals surface area contributed by atoms with Crippen molar-refractivity contribution in [2.24, 2.45) is 0 Å². The molecule has 0 aliphatic carbocycles. The van der Waals surface area contributed by atoms with Gasteiger partial charge in [0.2, 0.25) is 5.91 Å². The lowest BCUT2D eigenvalue weighted by atomic mass is 10.1. The van der Waals surface area contributed by atoms with Gasteiger partial charge < -0.3 is 20.5 Å². The fraction of sp³-hybridized carbons (Fsp3) is 0.471. The summed E-state index contributed by atoms with van der Waals surface area (Å²) in [6.07, 6.45) is 3.56. The summed E-state index contributed by atoms with van der Waals surface area (Å²) < 4.78 is 5.68. The number of carboxylic acid groups (broad SMARTS) is 1. The molecule has 1 heterocycles. The zero-order valence-electron chi connectivity index (χ0n) is 13.6. The van der Waals surface area contributed by atoms with Crippen molar-refractivity contribution >= 4 is 23.5 Å². The summed E-state index contributed by atoms with van der Waals surface area (Å²) in [6, 6.07) is 6.30. The molecule has 1 aromatic carbocycles. The average Bonchev–Trinajstić information content (AvgIpc) is 2.97. The Kier molecular flexibility index (Phi) is 6.31. The molecular formula is C17H22N2O5. The van der Waals surface area contributed by atoms with Crippen LogP contribution in [0.2, 0.25) is 0 Å². The zero-order valence-corrected chi connectivity index (χ0v) is 13.6. The molecule has 1 aliphatic rings. The minimum absolute atomic E-state index is 0.0961. The number of amides is 2. The van der Waals surface area contributed by atoms with Gasteiger partial charge in [-0.3, -0.25) is 14.4 Å². The average molecular weight is 334 g/mol. The van der Waals surface area contributed by atoms with Crippen LogP contribution in [0.4, 0.5) is 5.69 Å². The second-order valence-corrected chi connectivity index (χ2v) is 5.89. The fourth-order valence-electron chi connectivity index (χ4n) is 2.58. The maximum absolute atomic E-state index is 11.9. The predicted molar refractivity (Wildman–Crippen MR) is 87.8 cm³/mol. The van der Waals surface area contributed by atoms with Crippen LogP contribution < -0.4 is 10.6 Å². The van der Waals surface area contributed by atoms with Gasteiger partial charge in [-0.05, 0) is 50.5 Å². The summed E-state index contributed by atoms with van der Waals surface area (Å²) >= 11 is 0. The van der Waals surface area contributed by atoms with Crippen molar-refractivity contribution in [3.8, 4) is 0 Å². The molecule has 1 aromatic rings. The van der Waals surface area contributed by atoms with Crippen molar-refractivity contribution in [2.45, 2.75) is 44.8 Å². The first-order chi connectivity index (χ1) is 11.4. The van der Waals surface area contributed by atoms with Gasteiger partial charge in [0.15, 0.2) is 0 Å². The van der Waals surface area contributed by atoms with Gasteiger partial charge in [0.05, 0.1) is 12.2 Å². The molecule has 0 saturated carbocycles. The normalized spacial score (nSPS) is 19.7. The van der Waals surface area contributed by atoms with Gasteiger partial charge in [-0.1, -0.05) is 0 Å². The lowest BCUT2D eigenvalue weighted by molar-refractivity contribution is -0.135. The minimum atomic E-state index is -1.10. The van der Waals surface area contributed by atoms with Gasteiger partial charge in [0, 0.05) is 17.7 Å². The summed E-state index contributed by atoms with van der Waals surface area (Å²) in [6.45, 7) is 1.60. The standard InChI is InChI=1S/C17H22N2O5/c1-11-2-7-14(24-11)8-9-15(20)19-13-5-3-12(4-6-13)17(23)18-10-16(21)22/h3-6,11,14H,2,7-10H2,1H3,(H,18,23)(H,19,20)(H,21,22). The van der Waals surface area contributed by atoms with Crippen LogP contribution in [0, 0.1) is 0 Å². The first-order valence-electron chi connectivity index (χ1n) is 7.99. The molecule has 1 fully saturated rings. The molecule has 0 spiro atoms. The van der Waals surface area contributed by atoms with E-state index in [2.05, 4.69) is 10.6 Å². The minimum Gasteiger partial charge on any atom is -0.480 e. The van der Waals surface area contributed by atoms with Crippen LogP contribution in [0.25, 0.3) is 0 Å². The number of rotatable bonds is 7. The van der Waals surface area contributed by atoms with E-state index in [0.717, 1.165) is 12.8 Å². The third-order valence-corrected chi connectivity index (χ3v) is 3.84. The van der Waals surface area contributed by atoms with Crippen molar-refractivity contribution in [3.63, 3.8) is 0 Å². The molecule has 2 unspecified atom stereocenters. The maximum atomic E-state index is 11.9. The zero-order chi connectivity index (χ0) is 17.5. The Labute approximate surface area is 140 Å². The predicted octanol–water partition coefficient (Wildman–Crippen LogP) is 1.79. The van der Waals surface area contributed by atoms with Crippen LogP contribution in [0.15, 0.2) is 24.3 Å². The summed E-state index contributed by atoms with van der Waals surface area (Å²) in [4.78, 5) is 34.0. The number of carbonyl (C=O) groups excluding carboxylic acids is 2. The number of benzene rings is 1. The monoisotopic (exact) mass is 334 g/mol. The number of ether oxygens (including phenoxy) is 1. The Bertz CT molecular complexity index is 600. The lowest BCUT2D eigenvalue weighted by Gasteiger charge is -2.11. The lowest BCUT2D eigenvalue weighted by Crippen LogP contribution is -2.29. The summed E-state index contributed by atoms with van der Waals surface area (Å²) in [7, 11) is 0. The molecule has 24 heavy (non-hydrogen) atoms. The van der Waals surface area contributed by atoms with Gasteiger partial charge >= 0.3 is 5.97 Å².